The van der Waals surface area contributed by atoms with Crippen LogP contribution >= 0.6 is 0 Å². The summed E-state index contributed by atoms with van der Waals surface area (Å²) >= 11 is 0. The van der Waals surface area contributed by atoms with Crippen LogP contribution < -0.4 is 19.7 Å². The molecule has 2 aromatic carbocycles. The molecule has 164 valence electrons. The third-order valence-corrected chi connectivity index (χ3v) is 5.31. The lowest BCUT2D eigenvalue weighted by molar-refractivity contribution is -0.870. The summed E-state index contributed by atoms with van der Waals surface area (Å²) in [4.78, 5) is 13.8. The number of nitrogens with one attached hydrogen (secondary N) is 2. The molecule has 1 unspecified atom stereocenters. The van der Waals surface area contributed by atoms with Crippen LogP contribution in [0.3, 0.4) is 0 Å². The second-order valence-electron chi connectivity index (χ2n) is 7.66. The molecule has 0 aliphatic rings. The molecule has 0 radical (unpaired) electrons. The van der Waals surface area contributed by atoms with Crippen molar-refractivity contribution in [2.45, 2.75) is 20.3 Å². The summed E-state index contributed by atoms with van der Waals surface area (Å²) in [7, 11) is 5.28. The Labute approximate surface area is 183 Å². The highest BCUT2D eigenvalue weighted by Gasteiger charge is 2.17. The number of quaternary nitrogens is 1. The molecule has 0 fully saturated rings. The maximum atomic E-state index is 12.7. The molecule has 1 heterocycles. The van der Waals surface area contributed by atoms with Gasteiger partial charge in [0.2, 0.25) is 0 Å². The number of aryl methyl sites for hydroxylation is 1. The lowest BCUT2D eigenvalue weighted by Crippen LogP contribution is -3.10. The van der Waals surface area contributed by atoms with Crippen LogP contribution in [0.5, 0.6) is 11.5 Å². The first-order chi connectivity index (χ1) is 14.9. The van der Waals surface area contributed by atoms with Gasteiger partial charge in [0, 0.05) is 6.42 Å². The summed E-state index contributed by atoms with van der Waals surface area (Å²) in [6.45, 7) is 5.08. The number of hydrogen-bond acceptors (Lipinski definition) is 4. The van der Waals surface area contributed by atoms with Gasteiger partial charge in [-0.2, -0.15) is 5.10 Å². The van der Waals surface area contributed by atoms with Crippen molar-refractivity contribution >= 4 is 11.6 Å². The average Bonchev–Trinajstić information content (AvgIpc) is 3.06. The monoisotopic (exact) mass is 423 g/mol. The minimum absolute atomic E-state index is 0.0244. The Bertz CT molecular complexity index is 1030. The van der Waals surface area contributed by atoms with Crippen molar-refractivity contribution in [2.24, 2.45) is 0 Å². The van der Waals surface area contributed by atoms with Crippen LogP contribution in [0, 0.1) is 13.8 Å². The number of para-hydroxylation sites is 1. The van der Waals surface area contributed by atoms with E-state index in [1.54, 1.807) is 14.2 Å². The van der Waals surface area contributed by atoms with Crippen molar-refractivity contribution in [1.29, 1.82) is 0 Å². The highest BCUT2D eigenvalue weighted by molar-refractivity contribution is 5.92. The van der Waals surface area contributed by atoms with Gasteiger partial charge in [-0.15, -0.1) is 0 Å². The fourth-order valence-corrected chi connectivity index (χ4v) is 3.58. The number of aromatic nitrogens is 2. The molecule has 2 N–H and O–H groups in total. The Morgan fingerprint density at radius 1 is 1.06 bits per heavy atom. The molecule has 0 saturated carbocycles. The third-order valence-electron chi connectivity index (χ3n) is 5.31. The van der Waals surface area contributed by atoms with Gasteiger partial charge in [-0.3, -0.25) is 4.79 Å². The van der Waals surface area contributed by atoms with Crippen molar-refractivity contribution < 1.29 is 19.2 Å². The van der Waals surface area contributed by atoms with Crippen LogP contribution in [0.2, 0.25) is 0 Å². The maximum absolute atomic E-state index is 12.7. The first-order valence-corrected chi connectivity index (χ1v) is 10.4. The topological polar surface area (TPSA) is 69.8 Å². The van der Waals surface area contributed by atoms with E-state index in [1.807, 2.05) is 74.1 Å². The Morgan fingerprint density at radius 3 is 2.45 bits per heavy atom. The molecule has 1 aromatic heterocycles. The number of likely N-dealkylation sites (N-methyl/N-ethyl adjacent to an activating group) is 1. The Morgan fingerprint density at radius 2 is 1.77 bits per heavy atom. The van der Waals surface area contributed by atoms with Crippen molar-refractivity contribution in [2.75, 3.05) is 39.7 Å². The van der Waals surface area contributed by atoms with Crippen LogP contribution in [-0.4, -0.2) is 50.0 Å². The summed E-state index contributed by atoms with van der Waals surface area (Å²) < 4.78 is 12.5. The van der Waals surface area contributed by atoms with Gasteiger partial charge in [-0.05, 0) is 43.7 Å². The van der Waals surface area contributed by atoms with Crippen molar-refractivity contribution in [3.63, 3.8) is 0 Å². The van der Waals surface area contributed by atoms with E-state index in [-0.39, 0.29) is 5.91 Å². The van der Waals surface area contributed by atoms with Crippen molar-refractivity contribution in [1.82, 2.24) is 9.78 Å². The molecule has 1 amide bonds. The molecule has 0 bridgehead atoms. The average molecular weight is 424 g/mol. The SMILES string of the molecule is COc1ccc(CC[NH+](C)CC(=O)Nc2c(C)nn(-c3ccccc3)c2C)cc1OC. The minimum Gasteiger partial charge on any atom is -0.493 e. The molecule has 0 aliphatic carbocycles. The van der Waals surface area contributed by atoms with Gasteiger partial charge in [-0.25, -0.2) is 4.68 Å². The second-order valence-corrected chi connectivity index (χ2v) is 7.66. The zero-order valence-corrected chi connectivity index (χ0v) is 18.9. The molecular formula is C24H31N4O3+. The Balaban J connectivity index is 1.58. The number of nitrogens with zero attached hydrogens (tertiary/aromatic N) is 2. The van der Waals surface area contributed by atoms with Gasteiger partial charge in [0.15, 0.2) is 18.0 Å². The largest absolute Gasteiger partial charge is 0.493 e. The number of benzene rings is 2. The summed E-state index contributed by atoms with van der Waals surface area (Å²) in [6, 6.07) is 15.8. The number of amides is 1. The maximum Gasteiger partial charge on any atom is 0.279 e. The van der Waals surface area contributed by atoms with E-state index in [2.05, 4.69) is 10.4 Å². The van der Waals surface area contributed by atoms with Crippen LogP contribution in [0.25, 0.3) is 5.69 Å². The number of carbonyl (C=O) groups is 1. The van der Waals surface area contributed by atoms with Gasteiger partial charge in [0.1, 0.15) is 0 Å². The molecule has 3 aromatic rings. The number of anilines is 1. The Hall–Kier alpha value is -3.32. The van der Waals surface area contributed by atoms with Gasteiger partial charge >= 0.3 is 0 Å². The fraction of sp³-hybridized carbons (Fsp3) is 0.333. The van der Waals surface area contributed by atoms with E-state index >= 15 is 0 Å². The lowest BCUT2D eigenvalue weighted by Gasteiger charge is -2.15. The first kappa shape index (κ1) is 22.4. The molecule has 0 spiro atoms. The van der Waals surface area contributed by atoms with Crippen molar-refractivity contribution in [3.05, 3.63) is 65.5 Å². The van der Waals surface area contributed by atoms with Gasteiger partial charge in [-0.1, -0.05) is 24.3 Å². The standard InChI is InChI=1S/C24H30N4O3/c1-17-24(18(2)28(26-17)20-9-7-6-8-10-20)25-23(29)16-27(3)14-13-19-11-12-21(30-4)22(15-19)31-5/h6-12,15H,13-14,16H2,1-5H3,(H,25,29)/p+1. The molecule has 7 heteroatoms. The molecule has 7 nitrogen and oxygen atoms in total. The molecule has 3 rings (SSSR count). The molecular weight excluding hydrogens is 392 g/mol. The minimum atomic E-state index is -0.0244. The van der Waals surface area contributed by atoms with Crippen LogP contribution in [0.1, 0.15) is 17.0 Å². The lowest BCUT2D eigenvalue weighted by atomic mass is 10.1. The predicted molar refractivity (Wildman–Crippen MR) is 122 cm³/mol. The van der Waals surface area contributed by atoms with Gasteiger partial charge in [0.25, 0.3) is 5.91 Å². The fourth-order valence-electron chi connectivity index (χ4n) is 3.58. The number of rotatable bonds is 9. The normalized spacial score (nSPS) is 11.8. The highest BCUT2D eigenvalue weighted by Crippen LogP contribution is 2.27. The molecule has 1 atom stereocenters. The first-order valence-electron chi connectivity index (χ1n) is 10.4. The van der Waals surface area contributed by atoms with Gasteiger partial charge in [0.05, 0.1) is 50.6 Å². The van der Waals surface area contributed by atoms with E-state index in [0.717, 1.165) is 51.9 Å². The van der Waals surface area contributed by atoms with E-state index in [4.69, 9.17) is 9.47 Å². The second kappa shape index (κ2) is 10.1. The number of carbonyl (C=O) groups excluding carboxylic acids is 1. The quantitative estimate of drug-likeness (QED) is 0.554. The summed E-state index contributed by atoms with van der Waals surface area (Å²) in [6.07, 6.45) is 0.837. The summed E-state index contributed by atoms with van der Waals surface area (Å²) in [5, 5.41) is 7.64. The predicted octanol–water partition coefficient (Wildman–Crippen LogP) is 2.20. The third kappa shape index (κ3) is 5.44. The van der Waals surface area contributed by atoms with Crippen LogP contribution in [-0.2, 0) is 11.2 Å². The number of ether oxygens (including phenoxy) is 2. The molecule has 31 heavy (non-hydrogen) atoms. The zero-order chi connectivity index (χ0) is 22.4. The molecule has 0 saturated heterocycles. The smallest absolute Gasteiger partial charge is 0.279 e. The molecule has 0 aliphatic heterocycles. The van der Waals surface area contributed by atoms with Crippen LogP contribution in [0.4, 0.5) is 5.69 Å². The number of methoxy groups -OCH3 is 2. The Kier molecular flexibility index (Phi) is 7.31. The van der Waals surface area contributed by atoms with E-state index in [0.29, 0.717) is 12.3 Å². The highest BCUT2D eigenvalue weighted by atomic mass is 16.5. The van der Waals surface area contributed by atoms with Gasteiger partial charge < -0.3 is 19.7 Å². The number of hydrogen-bond donors (Lipinski definition) is 2. The van der Waals surface area contributed by atoms with Crippen LogP contribution in [0.15, 0.2) is 48.5 Å². The zero-order valence-electron chi connectivity index (χ0n) is 18.9. The van der Waals surface area contributed by atoms with E-state index in [1.165, 1.54) is 0 Å². The van der Waals surface area contributed by atoms with Crippen molar-refractivity contribution in [3.8, 4) is 17.2 Å². The summed E-state index contributed by atoms with van der Waals surface area (Å²) in [5.74, 6) is 1.41. The van der Waals surface area contributed by atoms with E-state index < -0.39 is 0 Å². The summed E-state index contributed by atoms with van der Waals surface area (Å²) in [5.41, 5.74) is 4.62. The van der Waals surface area contributed by atoms with E-state index in [9.17, 15) is 4.79 Å².